The average Bonchev–Trinajstić information content (AvgIpc) is 2.24. The number of morpholine rings is 1. The van der Waals surface area contributed by atoms with Crippen LogP contribution in [0.15, 0.2) is 0 Å². The predicted molar refractivity (Wildman–Crippen MR) is 64.4 cm³/mol. The normalized spacial score (nSPS) is 28.2. The Morgan fingerprint density at radius 3 is 2.38 bits per heavy atom. The zero-order valence-corrected chi connectivity index (χ0v) is 11.1. The first-order valence-electron chi connectivity index (χ1n) is 6.10. The fraction of sp³-hybridized carbons (Fsp3) is 0.917. The van der Waals surface area contributed by atoms with Gasteiger partial charge < -0.3 is 9.64 Å². The Morgan fingerprint density at radius 1 is 1.44 bits per heavy atom. The molecule has 0 spiro atoms. The maximum atomic E-state index is 12.2. The summed E-state index contributed by atoms with van der Waals surface area (Å²) in [5, 5.41) is 0. The molecule has 0 radical (unpaired) electrons. The molecule has 1 aliphatic rings. The number of amides is 1. The van der Waals surface area contributed by atoms with Gasteiger partial charge in [-0.1, -0.05) is 6.92 Å². The Labute approximate surface area is 98.5 Å². The average molecular weight is 228 g/mol. The predicted octanol–water partition coefficient (Wildman–Crippen LogP) is 0.962. The van der Waals surface area contributed by atoms with Gasteiger partial charge in [-0.3, -0.25) is 9.69 Å². The van der Waals surface area contributed by atoms with E-state index in [1.165, 1.54) is 0 Å². The van der Waals surface area contributed by atoms with Gasteiger partial charge >= 0.3 is 0 Å². The number of carbonyl (C=O) groups is 1. The molecule has 0 saturated carbocycles. The highest BCUT2D eigenvalue weighted by molar-refractivity contribution is 5.81. The summed E-state index contributed by atoms with van der Waals surface area (Å²) in [6.45, 7) is 10.4. The molecular formula is C12H24N2O2. The molecule has 4 heteroatoms. The Hall–Kier alpha value is -0.610. The van der Waals surface area contributed by atoms with Crippen LogP contribution in [0.25, 0.3) is 0 Å². The second-order valence-electron chi connectivity index (χ2n) is 4.75. The van der Waals surface area contributed by atoms with Crippen LogP contribution in [-0.2, 0) is 9.53 Å². The van der Waals surface area contributed by atoms with Crippen molar-refractivity contribution < 1.29 is 9.53 Å². The Bertz CT molecular complexity index is 235. The molecule has 1 fully saturated rings. The molecule has 0 N–H and O–H groups in total. The van der Waals surface area contributed by atoms with Crippen LogP contribution in [0.1, 0.15) is 27.7 Å². The van der Waals surface area contributed by atoms with Crippen molar-refractivity contribution in [2.24, 2.45) is 0 Å². The third kappa shape index (κ3) is 3.19. The van der Waals surface area contributed by atoms with Crippen molar-refractivity contribution in [3.63, 3.8) is 0 Å². The first kappa shape index (κ1) is 13.5. The molecule has 1 rings (SSSR count). The SMILES string of the molecule is CCN(C)C(C)C(=O)N1CC(C)OC(C)C1. The van der Waals surface area contributed by atoms with E-state index in [0.29, 0.717) is 13.1 Å². The number of likely N-dealkylation sites (N-methyl/N-ethyl adjacent to an activating group) is 1. The summed E-state index contributed by atoms with van der Waals surface area (Å²) in [7, 11) is 1.98. The fourth-order valence-electron chi connectivity index (χ4n) is 2.08. The van der Waals surface area contributed by atoms with E-state index in [2.05, 4.69) is 11.8 Å². The van der Waals surface area contributed by atoms with Gasteiger partial charge in [0.15, 0.2) is 0 Å². The lowest BCUT2D eigenvalue weighted by molar-refractivity contribution is -0.147. The summed E-state index contributed by atoms with van der Waals surface area (Å²) in [6, 6.07) is -0.0394. The fourth-order valence-corrected chi connectivity index (χ4v) is 2.08. The van der Waals surface area contributed by atoms with Crippen molar-refractivity contribution in [2.45, 2.75) is 45.9 Å². The van der Waals surface area contributed by atoms with Gasteiger partial charge in [0.1, 0.15) is 0 Å². The maximum Gasteiger partial charge on any atom is 0.239 e. The zero-order valence-electron chi connectivity index (χ0n) is 11.1. The Morgan fingerprint density at radius 2 is 1.94 bits per heavy atom. The molecule has 1 heterocycles. The summed E-state index contributed by atoms with van der Waals surface area (Å²) in [5.74, 6) is 0.214. The Balaban J connectivity index is 2.59. The smallest absolute Gasteiger partial charge is 0.239 e. The summed E-state index contributed by atoms with van der Waals surface area (Å²) < 4.78 is 5.63. The van der Waals surface area contributed by atoms with Crippen molar-refractivity contribution in [2.75, 3.05) is 26.7 Å². The van der Waals surface area contributed by atoms with Crippen molar-refractivity contribution in [3.05, 3.63) is 0 Å². The van der Waals surface area contributed by atoms with Crippen molar-refractivity contribution in [1.82, 2.24) is 9.80 Å². The third-order valence-corrected chi connectivity index (χ3v) is 3.25. The van der Waals surface area contributed by atoms with Gasteiger partial charge in [0.05, 0.1) is 18.2 Å². The molecule has 0 aromatic rings. The van der Waals surface area contributed by atoms with Crippen LogP contribution in [0.4, 0.5) is 0 Å². The van der Waals surface area contributed by atoms with Crippen LogP contribution in [0.5, 0.6) is 0 Å². The summed E-state index contributed by atoms with van der Waals surface area (Å²) >= 11 is 0. The number of hydrogen-bond acceptors (Lipinski definition) is 3. The van der Waals surface area contributed by atoms with Crippen molar-refractivity contribution >= 4 is 5.91 Å². The monoisotopic (exact) mass is 228 g/mol. The number of hydrogen-bond donors (Lipinski definition) is 0. The van der Waals surface area contributed by atoms with E-state index < -0.39 is 0 Å². The van der Waals surface area contributed by atoms with Crippen molar-refractivity contribution in [3.8, 4) is 0 Å². The van der Waals surface area contributed by atoms with Crippen LogP contribution in [0.2, 0.25) is 0 Å². The molecule has 0 aliphatic carbocycles. The van der Waals surface area contributed by atoms with E-state index in [9.17, 15) is 4.79 Å². The second kappa shape index (κ2) is 5.64. The first-order chi connectivity index (χ1) is 7.45. The topological polar surface area (TPSA) is 32.8 Å². The first-order valence-corrected chi connectivity index (χ1v) is 6.10. The molecule has 0 bridgehead atoms. The van der Waals surface area contributed by atoms with E-state index in [1.54, 1.807) is 0 Å². The van der Waals surface area contributed by atoms with Gasteiger partial charge in [0, 0.05) is 13.1 Å². The molecule has 0 aromatic heterocycles. The molecule has 3 unspecified atom stereocenters. The highest BCUT2D eigenvalue weighted by Crippen LogP contribution is 2.13. The molecular weight excluding hydrogens is 204 g/mol. The molecule has 1 aliphatic heterocycles. The third-order valence-electron chi connectivity index (χ3n) is 3.25. The Kier molecular flexibility index (Phi) is 4.74. The standard InChI is InChI=1S/C12H24N2O2/c1-6-13(5)11(4)12(15)14-7-9(2)16-10(3)8-14/h9-11H,6-8H2,1-5H3. The van der Waals surface area contributed by atoms with Gasteiger partial charge in [0.2, 0.25) is 5.91 Å². The van der Waals surface area contributed by atoms with Crippen LogP contribution >= 0.6 is 0 Å². The lowest BCUT2D eigenvalue weighted by atomic mass is 10.2. The van der Waals surface area contributed by atoms with E-state index in [4.69, 9.17) is 4.74 Å². The van der Waals surface area contributed by atoms with Crippen LogP contribution in [-0.4, -0.2) is 60.6 Å². The van der Waals surface area contributed by atoms with E-state index in [-0.39, 0.29) is 24.2 Å². The number of carbonyl (C=O) groups excluding carboxylic acids is 1. The maximum absolute atomic E-state index is 12.2. The lowest BCUT2D eigenvalue weighted by Crippen LogP contribution is -2.53. The van der Waals surface area contributed by atoms with Gasteiger partial charge in [-0.15, -0.1) is 0 Å². The van der Waals surface area contributed by atoms with Crippen LogP contribution in [0, 0.1) is 0 Å². The lowest BCUT2D eigenvalue weighted by Gasteiger charge is -2.38. The molecule has 4 nitrogen and oxygen atoms in total. The van der Waals surface area contributed by atoms with Crippen LogP contribution < -0.4 is 0 Å². The van der Waals surface area contributed by atoms with E-state index >= 15 is 0 Å². The summed E-state index contributed by atoms with van der Waals surface area (Å²) in [6.07, 6.45) is 0.290. The van der Waals surface area contributed by atoms with Gasteiger partial charge in [0.25, 0.3) is 0 Å². The highest BCUT2D eigenvalue weighted by Gasteiger charge is 2.29. The number of nitrogens with zero attached hydrogens (tertiary/aromatic N) is 2. The van der Waals surface area contributed by atoms with Gasteiger partial charge in [-0.05, 0) is 34.4 Å². The molecule has 3 atom stereocenters. The van der Waals surface area contributed by atoms with Crippen molar-refractivity contribution in [1.29, 1.82) is 0 Å². The minimum absolute atomic E-state index is 0.0394. The number of ether oxygens (including phenoxy) is 1. The number of rotatable bonds is 3. The molecule has 1 saturated heterocycles. The quantitative estimate of drug-likeness (QED) is 0.721. The minimum Gasteiger partial charge on any atom is -0.372 e. The van der Waals surface area contributed by atoms with E-state index in [0.717, 1.165) is 6.54 Å². The largest absolute Gasteiger partial charge is 0.372 e. The minimum atomic E-state index is -0.0394. The summed E-state index contributed by atoms with van der Waals surface area (Å²) in [4.78, 5) is 16.2. The van der Waals surface area contributed by atoms with Gasteiger partial charge in [-0.25, -0.2) is 0 Å². The van der Waals surface area contributed by atoms with Gasteiger partial charge in [-0.2, -0.15) is 0 Å². The second-order valence-corrected chi connectivity index (χ2v) is 4.75. The molecule has 16 heavy (non-hydrogen) atoms. The van der Waals surface area contributed by atoms with E-state index in [1.807, 2.05) is 32.7 Å². The van der Waals surface area contributed by atoms with Crippen LogP contribution in [0.3, 0.4) is 0 Å². The molecule has 94 valence electrons. The molecule has 0 aromatic carbocycles. The summed E-state index contributed by atoms with van der Waals surface area (Å²) in [5.41, 5.74) is 0. The molecule has 1 amide bonds. The highest BCUT2D eigenvalue weighted by atomic mass is 16.5. The zero-order chi connectivity index (χ0) is 12.3.